The van der Waals surface area contributed by atoms with Crippen LogP contribution in [0.5, 0.6) is 0 Å². The summed E-state index contributed by atoms with van der Waals surface area (Å²) in [6.45, 7) is 2.07. The van der Waals surface area contributed by atoms with Gasteiger partial charge in [-0.25, -0.2) is 13.8 Å². The number of nitrogens with one attached hydrogen (secondary N) is 2. The third kappa shape index (κ3) is 3.52. The molecule has 0 unspecified atom stereocenters. The first-order chi connectivity index (χ1) is 14.4. The van der Waals surface area contributed by atoms with Crippen molar-refractivity contribution in [1.29, 1.82) is 0 Å². The number of hydrogen-bond donors (Lipinski definition) is 2. The van der Waals surface area contributed by atoms with Crippen molar-refractivity contribution in [3.63, 3.8) is 0 Å². The molecule has 2 aromatic carbocycles. The number of carbonyl (C=O) groups excluding carboxylic acids is 1. The van der Waals surface area contributed by atoms with Crippen LogP contribution in [0.2, 0.25) is 5.02 Å². The fourth-order valence-electron chi connectivity index (χ4n) is 3.19. The van der Waals surface area contributed by atoms with E-state index in [1.54, 1.807) is 20.2 Å². The topological polar surface area (TPSA) is 88.5 Å². The highest BCUT2D eigenvalue weighted by molar-refractivity contribution is 6.36. The molecule has 0 fully saturated rings. The van der Waals surface area contributed by atoms with Gasteiger partial charge in [0.1, 0.15) is 17.5 Å². The second-order valence-corrected chi connectivity index (χ2v) is 7.07. The quantitative estimate of drug-likeness (QED) is 0.506. The number of carbonyl (C=O) groups is 1. The zero-order chi connectivity index (χ0) is 21.4. The molecule has 0 saturated carbocycles. The van der Waals surface area contributed by atoms with E-state index in [0.29, 0.717) is 23.8 Å². The second-order valence-electron chi connectivity index (χ2n) is 6.70. The van der Waals surface area contributed by atoms with Gasteiger partial charge in [0.05, 0.1) is 22.3 Å². The molecule has 2 N–H and O–H groups in total. The van der Waals surface area contributed by atoms with Crippen molar-refractivity contribution in [2.24, 2.45) is 7.05 Å². The van der Waals surface area contributed by atoms with E-state index in [1.807, 2.05) is 12.1 Å². The molecule has 0 aliphatic heterocycles. The Morgan fingerprint density at radius 3 is 2.70 bits per heavy atom. The van der Waals surface area contributed by atoms with Crippen molar-refractivity contribution in [2.75, 3.05) is 6.54 Å². The maximum atomic E-state index is 14.6. The van der Waals surface area contributed by atoms with E-state index < -0.39 is 17.5 Å². The van der Waals surface area contributed by atoms with Crippen molar-refractivity contribution >= 4 is 28.4 Å². The Balaban J connectivity index is 1.68. The summed E-state index contributed by atoms with van der Waals surface area (Å²) in [4.78, 5) is 16.2. The number of hydrogen-bond acceptors (Lipinski definition) is 4. The largest absolute Gasteiger partial charge is 0.352 e. The number of halogens is 3. The van der Waals surface area contributed by atoms with E-state index in [0.717, 1.165) is 28.6 Å². The first-order valence-electron chi connectivity index (χ1n) is 9.17. The minimum Gasteiger partial charge on any atom is -0.352 e. The summed E-state index contributed by atoms with van der Waals surface area (Å²) in [6, 6.07) is 5.63. The van der Waals surface area contributed by atoms with Crippen LogP contribution in [0, 0.1) is 11.6 Å². The lowest BCUT2D eigenvalue weighted by atomic mass is 10.1. The molecule has 2 heterocycles. The standard InChI is InChI=1S/C20H17ClF2N6O/c1-3-24-20(30)11-6-13(22)17(14(23)7-11)19-26-16(29(2)28-19)8-10-4-5-15-12(18(10)21)9-25-27-15/h4-7,9H,3,8H2,1-2H3,(H,24,30)(H,25,27). The fourth-order valence-corrected chi connectivity index (χ4v) is 3.47. The van der Waals surface area contributed by atoms with E-state index in [2.05, 4.69) is 25.6 Å². The normalized spacial score (nSPS) is 11.2. The van der Waals surface area contributed by atoms with Gasteiger partial charge >= 0.3 is 0 Å². The van der Waals surface area contributed by atoms with Gasteiger partial charge in [0.2, 0.25) is 0 Å². The second kappa shape index (κ2) is 7.83. The van der Waals surface area contributed by atoms with Gasteiger partial charge in [-0.3, -0.25) is 14.6 Å². The lowest BCUT2D eigenvalue weighted by Crippen LogP contribution is -2.23. The van der Waals surface area contributed by atoms with E-state index >= 15 is 0 Å². The van der Waals surface area contributed by atoms with Crippen LogP contribution in [0.15, 0.2) is 30.5 Å². The smallest absolute Gasteiger partial charge is 0.251 e. The predicted octanol–water partition coefficient (Wildman–Crippen LogP) is 3.63. The Morgan fingerprint density at radius 2 is 2.00 bits per heavy atom. The molecular formula is C20H17ClF2N6O. The minimum atomic E-state index is -0.911. The highest BCUT2D eigenvalue weighted by Crippen LogP contribution is 2.29. The number of rotatable bonds is 5. The lowest BCUT2D eigenvalue weighted by Gasteiger charge is -2.06. The predicted molar refractivity (Wildman–Crippen MR) is 108 cm³/mol. The molecule has 1 amide bonds. The molecule has 10 heteroatoms. The van der Waals surface area contributed by atoms with Gasteiger partial charge in [0.15, 0.2) is 5.82 Å². The third-order valence-corrected chi connectivity index (χ3v) is 5.15. The van der Waals surface area contributed by atoms with Gasteiger partial charge in [0, 0.05) is 31.0 Å². The number of fused-ring (bicyclic) bond motifs is 1. The van der Waals surface area contributed by atoms with Crippen LogP contribution in [0.25, 0.3) is 22.3 Å². The molecule has 0 aliphatic carbocycles. The van der Waals surface area contributed by atoms with Crippen LogP contribution >= 0.6 is 11.6 Å². The summed E-state index contributed by atoms with van der Waals surface area (Å²) in [7, 11) is 1.63. The van der Waals surface area contributed by atoms with E-state index in [4.69, 9.17) is 11.6 Å². The van der Waals surface area contributed by atoms with Gasteiger partial charge in [-0.2, -0.15) is 10.2 Å². The molecule has 0 radical (unpaired) electrons. The monoisotopic (exact) mass is 430 g/mol. The number of aromatic amines is 1. The zero-order valence-electron chi connectivity index (χ0n) is 16.1. The summed E-state index contributed by atoms with van der Waals surface area (Å²) in [5.41, 5.74) is 1.09. The lowest BCUT2D eigenvalue weighted by molar-refractivity contribution is 0.0955. The molecule has 30 heavy (non-hydrogen) atoms. The maximum Gasteiger partial charge on any atom is 0.251 e. The average molecular weight is 431 g/mol. The van der Waals surface area contributed by atoms with Gasteiger partial charge in [-0.1, -0.05) is 17.7 Å². The Hall–Kier alpha value is -3.33. The van der Waals surface area contributed by atoms with Gasteiger partial charge in [0.25, 0.3) is 5.91 Å². The highest BCUT2D eigenvalue weighted by atomic mass is 35.5. The number of aryl methyl sites for hydroxylation is 1. The number of amides is 1. The first-order valence-corrected chi connectivity index (χ1v) is 9.54. The first kappa shape index (κ1) is 20.0. The van der Waals surface area contributed by atoms with Crippen molar-refractivity contribution in [2.45, 2.75) is 13.3 Å². The Bertz CT molecular complexity index is 1240. The highest BCUT2D eigenvalue weighted by Gasteiger charge is 2.21. The Labute approximate surface area is 175 Å². The number of H-pyrrole nitrogens is 1. The molecule has 0 aliphatic rings. The molecule has 0 bridgehead atoms. The minimum absolute atomic E-state index is 0.105. The number of benzene rings is 2. The third-order valence-electron chi connectivity index (χ3n) is 4.71. The van der Waals surface area contributed by atoms with Crippen LogP contribution in [-0.4, -0.2) is 37.4 Å². The van der Waals surface area contributed by atoms with Crippen LogP contribution < -0.4 is 5.32 Å². The summed E-state index contributed by atoms with van der Waals surface area (Å²) in [5, 5.41) is 14.8. The van der Waals surface area contributed by atoms with Crippen LogP contribution in [0.3, 0.4) is 0 Å². The molecule has 2 aromatic heterocycles. The van der Waals surface area contributed by atoms with Crippen molar-refractivity contribution < 1.29 is 13.6 Å². The Kier molecular flexibility index (Phi) is 5.21. The Morgan fingerprint density at radius 1 is 1.27 bits per heavy atom. The SMILES string of the molecule is CCNC(=O)c1cc(F)c(-c2nc(Cc3ccc4[nH]ncc4c3Cl)n(C)n2)c(F)c1. The van der Waals surface area contributed by atoms with Gasteiger partial charge in [-0.15, -0.1) is 0 Å². The van der Waals surface area contributed by atoms with Crippen LogP contribution in [0.4, 0.5) is 8.78 Å². The number of nitrogens with zero attached hydrogens (tertiary/aromatic N) is 4. The molecule has 0 saturated heterocycles. The maximum absolute atomic E-state index is 14.6. The van der Waals surface area contributed by atoms with E-state index in [1.165, 1.54) is 4.68 Å². The van der Waals surface area contributed by atoms with Gasteiger partial charge < -0.3 is 5.32 Å². The molecule has 0 atom stereocenters. The van der Waals surface area contributed by atoms with Crippen LogP contribution in [-0.2, 0) is 13.5 Å². The summed E-state index contributed by atoms with van der Waals surface area (Å²) >= 11 is 6.46. The molecule has 7 nitrogen and oxygen atoms in total. The average Bonchev–Trinajstić information content (AvgIpc) is 3.31. The molecule has 4 aromatic rings. The van der Waals surface area contributed by atoms with E-state index in [-0.39, 0.29) is 17.0 Å². The van der Waals surface area contributed by atoms with Crippen molar-refractivity contribution in [3.05, 3.63) is 64.1 Å². The number of aromatic nitrogens is 5. The van der Waals surface area contributed by atoms with Crippen LogP contribution in [0.1, 0.15) is 28.7 Å². The summed E-state index contributed by atoms with van der Waals surface area (Å²) < 4.78 is 30.7. The summed E-state index contributed by atoms with van der Waals surface area (Å²) in [6.07, 6.45) is 1.94. The molecule has 4 rings (SSSR count). The summed E-state index contributed by atoms with van der Waals surface area (Å²) in [5.74, 6) is -2.01. The van der Waals surface area contributed by atoms with Crippen molar-refractivity contribution in [1.82, 2.24) is 30.3 Å². The van der Waals surface area contributed by atoms with Crippen molar-refractivity contribution in [3.8, 4) is 11.4 Å². The molecule has 0 spiro atoms. The zero-order valence-corrected chi connectivity index (χ0v) is 16.9. The fraction of sp³-hybridized carbons (Fsp3) is 0.200. The van der Waals surface area contributed by atoms with Gasteiger partial charge in [-0.05, 0) is 30.7 Å². The molecular weight excluding hydrogens is 414 g/mol. The molecule has 154 valence electrons. The van der Waals surface area contributed by atoms with E-state index in [9.17, 15) is 13.6 Å².